The van der Waals surface area contributed by atoms with Crippen LogP contribution < -0.4 is 0 Å². The van der Waals surface area contributed by atoms with Crippen LogP contribution in [0.2, 0.25) is 0 Å². The number of hydrogen-bond acceptors (Lipinski definition) is 9. The number of esters is 1. The number of carbonyl (C=O) groups excluding carboxylic acids is 3. The minimum absolute atomic E-state index is 0.0817. The largest absolute Gasteiger partial charge is 0.515 e. The summed E-state index contributed by atoms with van der Waals surface area (Å²) < 4.78 is 24.6. The van der Waals surface area contributed by atoms with Crippen LogP contribution in [0.25, 0.3) is 0 Å². The van der Waals surface area contributed by atoms with Gasteiger partial charge in [0.25, 0.3) is 0 Å². The lowest BCUT2D eigenvalue weighted by atomic mass is 9.99. The molecule has 0 aromatic rings. The minimum atomic E-state index is -1.07. The highest BCUT2D eigenvalue weighted by atomic mass is 32.2. The number of fused-ring (bicyclic) bond motifs is 1. The molecule has 2 aliphatic heterocycles. The van der Waals surface area contributed by atoms with Gasteiger partial charge in [-0.1, -0.05) is 0 Å². The van der Waals surface area contributed by atoms with Crippen LogP contribution in [0.1, 0.15) is 6.92 Å². The molecular weight excluding hydrogens is 354 g/mol. The molecule has 2 aliphatic rings. The summed E-state index contributed by atoms with van der Waals surface area (Å²) in [6, 6.07) is 0. The van der Waals surface area contributed by atoms with E-state index >= 15 is 0 Å². The van der Waals surface area contributed by atoms with Crippen LogP contribution in [0.3, 0.4) is 0 Å². The van der Waals surface area contributed by atoms with E-state index in [0.717, 1.165) is 0 Å². The average molecular weight is 375 g/mol. The van der Waals surface area contributed by atoms with E-state index in [4.69, 9.17) is 23.7 Å². The molecule has 140 valence electrons. The van der Waals surface area contributed by atoms with Crippen molar-refractivity contribution >= 4 is 29.8 Å². The highest BCUT2D eigenvalue weighted by Crippen LogP contribution is 2.41. The number of β-lactam (4-membered cyclic amide) rings is 1. The standard InChI is InChI=1S/C15H21NO8S/c1-3-21-5-6-22-12(17)9-23-15(19)24-11-4-7-25-14-10(8-20-2)13(18)16(11)14/h4,10,14H,3,5-9H2,1-2H3/t10?,14-/m0/s1. The molecule has 1 unspecified atom stereocenters. The Balaban J connectivity index is 1.73. The molecule has 0 aromatic carbocycles. The summed E-state index contributed by atoms with van der Waals surface area (Å²) in [6.07, 6.45) is 0.547. The first kappa shape index (κ1) is 19.5. The normalized spacial score (nSPS) is 21.8. The van der Waals surface area contributed by atoms with Crippen LogP contribution in [0.4, 0.5) is 4.79 Å². The van der Waals surface area contributed by atoms with E-state index in [1.165, 1.54) is 12.0 Å². The van der Waals surface area contributed by atoms with Crippen molar-refractivity contribution in [2.45, 2.75) is 12.3 Å². The van der Waals surface area contributed by atoms with Crippen LogP contribution in [0, 0.1) is 5.92 Å². The van der Waals surface area contributed by atoms with Crippen molar-refractivity contribution in [3.05, 3.63) is 12.0 Å². The van der Waals surface area contributed by atoms with Crippen molar-refractivity contribution in [2.24, 2.45) is 5.92 Å². The summed E-state index contributed by atoms with van der Waals surface area (Å²) in [5.41, 5.74) is 0. The predicted molar refractivity (Wildman–Crippen MR) is 86.4 cm³/mol. The van der Waals surface area contributed by atoms with Gasteiger partial charge in [-0.2, -0.15) is 0 Å². The fourth-order valence-corrected chi connectivity index (χ4v) is 3.54. The number of carbonyl (C=O) groups is 3. The first-order valence-electron chi connectivity index (χ1n) is 7.80. The fraction of sp³-hybridized carbons (Fsp3) is 0.667. The Morgan fingerprint density at radius 3 is 2.84 bits per heavy atom. The summed E-state index contributed by atoms with van der Waals surface area (Å²) >= 11 is 1.56. The Morgan fingerprint density at radius 1 is 1.32 bits per heavy atom. The van der Waals surface area contributed by atoms with Gasteiger partial charge >= 0.3 is 12.1 Å². The summed E-state index contributed by atoms with van der Waals surface area (Å²) in [6.45, 7) is 2.45. The SMILES string of the molecule is CCOCCOC(=O)COC(=O)OC1=CCS[C@H]2C(COC)C(=O)N12. The van der Waals surface area contributed by atoms with E-state index in [1.807, 2.05) is 6.92 Å². The summed E-state index contributed by atoms with van der Waals surface area (Å²) in [7, 11) is 1.53. The first-order valence-corrected chi connectivity index (χ1v) is 8.85. The zero-order chi connectivity index (χ0) is 18.2. The Morgan fingerprint density at radius 2 is 2.12 bits per heavy atom. The van der Waals surface area contributed by atoms with Crippen LogP contribution in [0.5, 0.6) is 0 Å². The van der Waals surface area contributed by atoms with Crippen LogP contribution in [-0.4, -0.2) is 74.2 Å². The lowest BCUT2D eigenvalue weighted by Crippen LogP contribution is -2.61. The number of hydrogen-bond donors (Lipinski definition) is 0. The monoisotopic (exact) mass is 375 g/mol. The van der Waals surface area contributed by atoms with E-state index in [1.54, 1.807) is 17.8 Å². The Hall–Kier alpha value is -1.78. The lowest BCUT2D eigenvalue weighted by Gasteiger charge is -2.47. The molecule has 0 saturated carbocycles. The van der Waals surface area contributed by atoms with Gasteiger partial charge in [-0.15, -0.1) is 11.8 Å². The molecule has 0 radical (unpaired) electrons. The zero-order valence-electron chi connectivity index (χ0n) is 14.1. The summed E-state index contributed by atoms with van der Waals surface area (Å²) in [5.74, 6) is -0.415. The Kier molecular flexibility index (Phi) is 7.53. The van der Waals surface area contributed by atoms with Crippen LogP contribution >= 0.6 is 11.8 Å². The van der Waals surface area contributed by atoms with Gasteiger partial charge in [0.05, 0.1) is 24.5 Å². The molecule has 0 aromatic heterocycles. The van der Waals surface area contributed by atoms with E-state index < -0.39 is 18.7 Å². The average Bonchev–Trinajstić information content (AvgIpc) is 2.61. The summed E-state index contributed by atoms with van der Waals surface area (Å²) in [4.78, 5) is 36.6. The molecule has 1 fully saturated rings. The molecule has 1 saturated heterocycles. The van der Waals surface area contributed by atoms with E-state index in [-0.39, 0.29) is 36.3 Å². The molecule has 10 heteroatoms. The number of ether oxygens (including phenoxy) is 5. The van der Waals surface area contributed by atoms with Gasteiger partial charge in [-0.25, -0.2) is 9.59 Å². The van der Waals surface area contributed by atoms with Crippen molar-refractivity contribution in [3.8, 4) is 0 Å². The van der Waals surface area contributed by atoms with Crippen LogP contribution in [-0.2, 0) is 33.3 Å². The van der Waals surface area contributed by atoms with Gasteiger partial charge in [-0.05, 0) is 13.0 Å². The topological polar surface area (TPSA) is 101 Å². The summed E-state index contributed by atoms with van der Waals surface area (Å²) in [5, 5.41) is -0.121. The maximum absolute atomic E-state index is 12.1. The molecule has 2 heterocycles. The van der Waals surface area contributed by atoms with E-state index in [2.05, 4.69) is 0 Å². The van der Waals surface area contributed by atoms with Crippen molar-refractivity contribution in [1.29, 1.82) is 0 Å². The molecule has 0 N–H and O–H groups in total. The molecule has 2 rings (SSSR count). The number of nitrogens with zero attached hydrogens (tertiary/aromatic N) is 1. The third-order valence-corrected chi connectivity index (χ3v) is 4.69. The van der Waals surface area contributed by atoms with Gasteiger partial charge in [0.15, 0.2) is 6.61 Å². The zero-order valence-corrected chi connectivity index (χ0v) is 14.9. The molecular formula is C15H21NO8S. The Labute approximate surface area is 149 Å². The van der Waals surface area contributed by atoms with Gasteiger partial charge in [-0.3, -0.25) is 9.69 Å². The maximum atomic E-state index is 12.1. The Bertz CT molecular complexity index is 538. The maximum Gasteiger partial charge on any atom is 0.515 e. The van der Waals surface area contributed by atoms with E-state index in [0.29, 0.717) is 19.0 Å². The van der Waals surface area contributed by atoms with Gasteiger partial charge in [0, 0.05) is 19.5 Å². The fourth-order valence-electron chi connectivity index (χ4n) is 2.32. The molecule has 25 heavy (non-hydrogen) atoms. The third-order valence-electron chi connectivity index (χ3n) is 3.45. The molecule has 9 nitrogen and oxygen atoms in total. The van der Waals surface area contributed by atoms with Crippen LogP contribution in [0.15, 0.2) is 12.0 Å². The molecule has 0 aliphatic carbocycles. The highest BCUT2D eigenvalue weighted by Gasteiger charge is 2.51. The van der Waals surface area contributed by atoms with Gasteiger partial charge < -0.3 is 23.7 Å². The predicted octanol–water partition coefficient (Wildman–Crippen LogP) is 0.738. The third kappa shape index (κ3) is 5.10. The first-order chi connectivity index (χ1) is 12.1. The number of methoxy groups -OCH3 is 1. The van der Waals surface area contributed by atoms with Crippen molar-refractivity contribution in [2.75, 3.05) is 45.9 Å². The number of amides is 1. The highest BCUT2D eigenvalue weighted by molar-refractivity contribution is 8.00. The van der Waals surface area contributed by atoms with Crippen molar-refractivity contribution in [3.63, 3.8) is 0 Å². The number of rotatable bonds is 9. The van der Waals surface area contributed by atoms with Crippen molar-refractivity contribution in [1.82, 2.24) is 4.90 Å². The second-order valence-corrected chi connectivity index (χ2v) is 6.24. The minimum Gasteiger partial charge on any atom is -0.461 e. The second kappa shape index (κ2) is 9.64. The van der Waals surface area contributed by atoms with Gasteiger partial charge in [0.2, 0.25) is 11.8 Å². The molecule has 1 amide bonds. The van der Waals surface area contributed by atoms with Gasteiger partial charge in [0.1, 0.15) is 6.61 Å². The smallest absolute Gasteiger partial charge is 0.461 e. The molecule has 0 spiro atoms. The van der Waals surface area contributed by atoms with E-state index in [9.17, 15) is 14.4 Å². The lowest BCUT2D eigenvalue weighted by molar-refractivity contribution is -0.155. The molecule has 0 bridgehead atoms. The molecule has 2 atom stereocenters. The second-order valence-electron chi connectivity index (χ2n) is 5.09. The van der Waals surface area contributed by atoms with Crippen molar-refractivity contribution < 1.29 is 38.1 Å². The quantitative estimate of drug-likeness (QED) is 0.328. The number of thioether (sulfide) groups is 1.